The molecule has 0 atom stereocenters. The largest absolute Gasteiger partial charge is 0.381 e. The van der Waals surface area contributed by atoms with E-state index in [9.17, 15) is 4.79 Å². The monoisotopic (exact) mass is 320 g/mol. The van der Waals surface area contributed by atoms with Crippen molar-refractivity contribution in [2.45, 2.75) is 26.3 Å². The highest BCUT2D eigenvalue weighted by Crippen LogP contribution is 2.21. The summed E-state index contributed by atoms with van der Waals surface area (Å²) in [6.45, 7) is 2.65. The summed E-state index contributed by atoms with van der Waals surface area (Å²) in [5, 5.41) is 10.5. The number of hydrogen-bond donors (Lipinski definition) is 2. The number of aromatic amines is 1. The van der Waals surface area contributed by atoms with E-state index in [4.69, 9.17) is 0 Å². The van der Waals surface area contributed by atoms with E-state index < -0.39 is 0 Å². The second kappa shape index (κ2) is 7.55. The van der Waals surface area contributed by atoms with Crippen LogP contribution in [0.3, 0.4) is 0 Å². The van der Waals surface area contributed by atoms with Crippen molar-refractivity contribution in [1.82, 2.24) is 15.2 Å². The van der Waals surface area contributed by atoms with Crippen molar-refractivity contribution >= 4 is 11.5 Å². The summed E-state index contributed by atoms with van der Waals surface area (Å²) in [4.78, 5) is 16.0. The van der Waals surface area contributed by atoms with Crippen molar-refractivity contribution in [2.75, 3.05) is 5.32 Å². The Morgan fingerprint density at radius 2 is 2.00 bits per heavy atom. The van der Waals surface area contributed by atoms with Gasteiger partial charge in [0.15, 0.2) is 5.78 Å². The number of H-pyrrole nitrogens is 1. The summed E-state index contributed by atoms with van der Waals surface area (Å²) >= 11 is 0. The lowest BCUT2D eigenvalue weighted by Crippen LogP contribution is -2.02. The normalized spacial score (nSPS) is 10.5. The third-order valence-electron chi connectivity index (χ3n) is 3.83. The summed E-state index contributed by atoms with van der Waals surface area (Å²) in [6.07, 6.45) is 6.84. The van der Waals surface area contributed by atoms with E-state index in [0.29, 0.717) is 13.0 Å². The molecule has 0 aliphatic rings. The van der Waals surface area contributed by atoms with Gasteiger partial charge in [0.2, 0.25) is 0 Å². The average Bonchev–Trinajstić information content (AvgIpc) is 3.10. The zero-order chi connectivity index (χ0) is 16.8. The van der Waals surface area contributed by atoms with Crippen molar-refractivity contribution in [2.24, 2.45) is 0 Å². The Bertz CT molecular complexity index is 794. The number of rotatable bonds is 7. The van der Waals surface area contributed by atoms with Gasteiger partial charge >= 0.3 is 0 Å². The maximum atomic E-state index is 11.9. The molecule has 0 fully saturated rings. The minimum Gasteiger partial charge on any atom is -0.381 e. The lowest BCUT2D eigenvalue weighted by atomic mass is 10.1. The van der Waals surface area contributed by atoms with Gasteiger partial charge in [-0.15, -0.1) is 0 Å². The molecule has 2 aromatic heterocycles. The first-order valence-corrected chi connectivity index (χ1v) is 8.07. The Labute approximate surface area is 141 Å². The molecule has 3 aromatic rings. The molecule has 0 radical (unpaired) electrons. The topological polar surface area (TPSA) is 70.7 Å². The quantitative estimate of drug-likeness (QED) is 0.644. The van der Waals surface area contributed by atoms with Crippen LogP contribution in [0.1, 0.15) is 35.7 Å². The minimum absolute atomic E-state index is 0.192. The SMILES string of the molecule is CCCC(=O)c1ccc(NCc2cn[nH]c2-c2cccnc2)cc1. The van der Waals surface area contributed by atoms with E-state index in [2.05, 4.69) is 20.5 Å². The smallest absolute Gasteiger partial charge is 0.162 e. The van der Waals surface area contributed by atoms with Crippen molar-refractivity contribution in [3.63, 3.8) is 0 Å². The zero-order valence-electron chi connectivity index (χ0n) is 13.6. The number of hydrogen-bond acceptors (Lipinski definition) is 4. The lowest BCUT2D eigenvalue weighted by Gasteiger charge is -2.08. The number of aromatic nitrogens is 3. The molecular weight excluding hydrogens is 300 g/mol. The molecule has 3 rings (SSSR count). The van der Waals surface area contributed by atoms with Crippen molar-refractivity contribution in [3.8, 4) is 11.3 Å². The number of nitrogens with zero attached hydrogens (tertiary/aromatic N) is 2. The molecule has 2 N–H and O–H groups in total. The first-order chi connectivity index (χ1) is 11.8. The summed E-state index contributed by atoms with van der Waals surface area (Å²) in [5.41, 5.74) is 4.77. The molecule has 0 unspecified atom stereocenters. The fraction of sp³-hybridized carbons (Fsp3) is 0.211. The van der Waals surface area contributed by atoms with E-state index in [0.717, 1.165) is 34.5 Å². The number of pyridine rings is 1. The van der Waals surface area contributed by atoms with Crippen LogP contribution in [-0.2, 0) is 6.54 Å². The molecule has 5 nitrogen and oxygen atoms in total. The first kappa shape index (κ1) is 15.9. The Morgan fingerprint density at radius 1 is 1.17 bits per heavy atom. The molecule has 5 heteroatoms. The van der Waals surface area contributed by atoms with E-state index in [1.54, 1.807) is 6.20 Å². The maximum absolute atomic E-state index is 11.9. The molecule has 0 bridgehead atoms. The number of nitrogens with one attached hydrogen (secondary N) is 2. The third-order valence-corrected chi connectivity index (χ3v) is 3.83. The number of ketones is 1. The van der Waals surface area contributed by atoms with Gasteiger partial charge in [0, 0.05) is 47.7 Å². The highest BCUT2D eigenvalue weighted by molar-refractivity contribution is 5.96. The summed E-state index contributed by atoms with van der Waals surface area (Å²) in [6, 6.07) is 11.5. The van der Waals surface area contributed by atoms with Gasteiger partial charge in [0.05, 0.1) is 11.9 Å². The molecule has 0 aliphatic carbocycles. The van der Waals surface area contributed by atoms with Gasteiger partial charge in [0.1, 0.15) is 0 Å². The highest BCUT2D eigenvalue weighted by atomic mass is 16.1. The summed E-state index contributed by atoms with van der Waals surface area (Å²) in [7, 11) is 0. The van der Waals surface area contributed by atoms with Crippen LogP contribution in [0.2, 0.25) is 0 Å². The van der Waals surface area contributed by atoms with Gasteiger partial charge in [-0.2, -0.15) is 5.10 Å². The van der Waals surface area contributed by atoms with Crippen LogP contribution in [0.4, 0.5) is 5.69 Å². The Morgan fingerprint density at radius 3 is 2.71 bits per heavy atom. The predicted octanol–water partition coefficient (Wildman–Crippen LogP) is 4.07. The van der Waals surface area contributed by atoms with Crippen LogP contribution < -0.4 is 5.32 Å². The molecule has 0 saturated heterocycles. The molecule has 122 valence electrons. The van der Waals surface area contributed by atoms with Gasteiger partial charge in [0.25, 0.3) is 0 Å². The Balaban J connectivity index is 1.67. The average molecular weight is 320 g/mol. The van der Waals surface area contributed by atoms with Crippen molar-refractivity contribution in [3.05, 3.63) is 66.1 Å². The van der Waals surface area contributed by atoms with Gasteiger partial charge < -0.3 is 5.32 Å². The molecule has 0 saturated carbocycles. The van der Waals surface area contributed by atoms with Crippen LogP contribution in [0.25, 0.3) is 11.3 Å². The number of benzene rings is 1. The minimum atomic E-state index is 0.192. The van der Waals surface area contributed by atoms with Crippen LogP contribution in [0.5, 0.6) is 0 Å². The van der Waals surface area contributed by atoms with E-state index >= 15 is 0 Å². The number of carbonyl (C=O) groups excluding carboxylic acids is 1. The van der Waals surface area contributed by atoms with Crippen LogP contribution in [-0.4, -0.2) is 21.0 Å². The first-order valence-electron chi connectivity index (χ1n) is 8.07. The van der Waals surface area contributed by atoms with Crippen molar-refractivity contribution < 1.29 is 4.79 Å². The van der Waals surface area contributed by atoms with Crippen LogP contribution >= 0.6 is 0 Å². The molecule has 2 heterocycles. The summed E-state index contributed by atoms with van der Waals surface area (Å²) < 4.78 is 0. The Kier molecular flexibility index (Phi) is 5.01. The van der Waals surface area contributed by atoms with Gasteiger partial charge in [-0.1, -0.05) is 6.92 Å². The molecule has 24 heavy (non-hydrogen) atoms. The van der Waals surface area contributed by atoms with Crippen LogP contribution in [0.15, 0.2) is 55.0 Å². The predicted molar refractivity (Wildman–Crippen MR) is 94.8 cm³/mol. The standard InChI is InChI=1S/C19H20N4O/c1-2-4-18(24)14-6-8-17(9-7-14)21-12-16-13-22-23-19(16)15-5-3-10-20-11-15/h3,5-11,13,21H,2,4,12H2,1H3,(H,22,23). The third kappa shape index (κ3) is 3.68. The number of anilines is 1. The van der Waals surface area contributed by atoms with E-state index in [-0.39, 0.29) is 5.78 Å². The molecule has 0 spiro atoms. The van der Waals surface area contributed by atoms with E-state index in [1.165, 1.54) is 0 Å². The lowest BCUT2D eigenvalue weighted by molar-refractivity contribution is 0.0982. The number of Topliss-reactive ketones (excluding diaryl/α,β-unsaturated/α-hetero) is 1. The molecule has 0 aliphatic heterocycles. The van der Waals surface area contributed by atoms with Gasteiger partial charge in [-0.25, -0.2) is 0 Å². The zero-order valence-corrected chi connectivity index (χ0v) is 13.6. The maximum Gasteiger partial charge on any atom is 0.162 e. The Hall–Kier alpha value is -2.95. The van der Waals surface area contributed by atoms with Gasteiger partial charge in [-0.3, -0.25) is 14.9 Å². The van der Waals surface area contributed by atoms with Gasteiger partial charge in [-0.05, 0) is 42.8 Å². The number of carbonyl (C=O) groups is 1. The van der Waals surface area contributed by atoms with Crippen molar-refractivity contribution in [1.29, 1.82) is 0 Å². The molecule has 0 amide bonds. The fourth-order valence-electron chi connectivity index (χ4n) is 2.55. The molecular formula is C19H20N4O. The highest BCUT2D eigenvalue weighted by Gasteiger charge is 2.08. The summed E-state index contributed by atoms with van der Waals surface area (Å²) in [5.74, 6) is 0.192. The fourth-order valence-corrected chi connectivity index (χ4v) is 2.55. The second-order valence-electron chi connectivity index (χ2n) is 5.62. The van der Waals surface area contributed by atoms with Crippen LogP contribution in [0, 0.1) is 0 Å². The second-order valence-corrected chi connectivity index (χ2v) is 5.62. The molecule has 1 aromatic carbocycles. The van der Waals surface area contributed by atoms with E-state index in [1.807, 2.05) is 55.7 Å².